The van der Waals surface area contributed by atoms with Gasteiger partial charge in [-0.05, 0) is 35.9 Å². The van der Waals surface area contributed by atoms with Gasteiger partial charge < -0.3 is 4.98 Å². The van der Waals surface area contributed by atoms with Crippen molar-refractivity contribution in [1.82, 2.24) is 19.9 Å². The third-order valence-electron chi connectivity index (χ3n) is 5.69. The highest BCUT2D eigenvalue weighted by Gasteiger charge is 2.30. The van der Waals surface area contributed by atoms with Gasteiger partial charge in [-0.3, -0.25) is 14.7 Å². The van der Waals surface area contributed by atoms with Crippen LogP contribution in [0.15, 0.2) is 59.5 Å². The summed E-state index contributed by atoms with van der Waals surface area (Å²) in [6.07, 6.45) is -2.01. The summed E-state index contributed by atoms with van der Waals surface area (Å²) in [7, 11) is 0. The SMILES string of the molecule is O=c1[nH]c(-c2ccc(C(F)(F)F)cc2)nc2c1CN(Cc1ccc(-c3ccc(Cl)s3)nc1)CC2. The molecular formula is C24H18ClF3N4OS. The van der Waals surface area contributed by atoms with Gasteiger partial charge in [-0.15, -0.1) is 11.3 Å². The molecule has 5 nitrogen and oxygen atoms in total. The Bertz CT molecular complexity index is 1380. The Hall–Kier alpha value is -3.01. The molecule has 0 spiro atoms. The van der Waals surface area contributed by atoms with Gasteiger partial charge in [0.25, 0.3) is 5.56 Å². The van der Waals surface area contributed by atoms with E-state index in [0.717, 1.165) is 28.3 Å². The number of H-pyrrole nitrogens is 1. The molecule has 4 heterocycles. The molecule has 0 aliphatic carbocycles. The molecule has 174 valence electrons. The van der Waals surface area contributed by atoms with Crippen molar-refractivity contribution in [2.75, 3.05) is 6.54 Å². The van der Waals surface area contributed by atoms with Crippen LogP contribution < -0.4 is 5.56 Å². The summed E-state index contributed by atoms with van der Waals surface area (Å²) in [5, 5.41) is 0. The molecule has 3 aromatic heterocycles. The van der Waals surface area contributed by atoms with Crippen LogP contribution in [-0.2, 0) is 25.7 Å². The summed E-state index contributed by atoms with van der Waals surface area (Å²) in [4.78, 5) is 27.7. The first-order chi connectivity index (χ1) is 16.3. The average molecular weight is 503 g/mol. The van der Waals surface area contributed by atoms with Crippen LogP contribution in [0.2, 0.25) is 4.34 Å². The van der Waals surface area contributed by atoms with Crippen molar-refractivity contribution in [3.8, 4) is 22.0 Å². The number of rotatable bonds is 4. The Morgan fingerprint density at radius 1 is 1.09 bits per heavy atom. The van der Waals surface area contributed by atoms with E-state index in [0.29, 0.717) is 47.2 Å². The summed E-state index contributed by atoms with van der Waals surface area (Å²) < 4.78 is 39.2. The zero-order valence-corrected chi connectivity index (χ0v) is 19.3. The van der Waals surface area contributed by atoms with E-state index >= 15 is 0 Å². The van der Waals surface area contributed by atoms with Crippen LogP contribution in [0.5, 0.6) is 0 Å². The maximum absolute atomic E-state index is 12.8. The van der Waals surface area contributed by atoms with E-state index in [4.69, 9.17) is 11.6 Å². The minimum atomic E-state index is -4.41. The highest BCUT2D eigenvalue weighted by molar-refractivity contribution is 7.19. The van der Waals surface area contributed by atoms with Gasteiger partial charge in [0.05, 0.1) is 31.7 Å². The Kier molecular flexibility index (Phi) is 6.01. The molecule has 0 atom stereocenters. The van der Waals surface area contributed by atoms with Crippen molar-refractivity contribution in [3.05, 3.63) is 91.8 Å². The molecule has 1 N–H and O–H groups in total. The molecule has 1 aliphatic rings. The lowest BCUT2D eigenvalue weighted by molar-refractivity contribution is -0.137. The highest BCUT2D eigenvalue weighted by atomic mass is 35.5. The molecule has 5 rings (SSSR count). The average Bonchev–Trinajstić information content (AvgIpc) is 3.25. The molecular weight excluding hydrogens is 485 g/mol. The molecule has 10 heteroatoms. The second-order valence-electron chi connectivity index (χ2n) is 8.03. The Balaban J connectivity index is 1.30. The molecule has 0 radical (unpaired) electrons. The van der Waals surface area contributed by atoms with Crippen LogP contribution in [0.3, 0.4) is 0 Å². The highest BCUT2D eigenvalue weighted by Crippen LogP contribution is 2.31. The first-order valence-electron chi connectivity index (χ1n) is 10.5. The van der Waals surface area contributed by atoms with Gasteiger partial charge >= 0.3 is 6.18 Å². The number of nitrogens with zero attached hydrogens (tertiary/aromatic N) is 3. The number of thiophene rings is 1. The zero-order valence-electron chi connectivity index (χ0n) is 17.7. The minimum Gasteiger partial charge on any atom is -0.306 e. The number of nitrogens with one attached hydrogen (secondary N) is 1. The summed E-state index contributed by atoms with van der Waals surface area (Å²) >= 11 is 7.48. The van der Waals surface area contributed by atoms with Crippen LogP contribution in [0.1, 0.15) is 22.4 Å². The predicted octanol–water partition coefficient (Wildman–Crippen LogP) is 5.79. The Morgan fingerprint density at radius 2 is 1.88 bits per heavy atom. The van der Waals surface area contributed by atoms with Crippen molar-refractivity contribution in [3.63, 3.8) is 0 Å². The molecule has 0 fully saturated rings. The lowest BCUT2D eigenvalue weighted by atomic mass is 10.1. The standard InChI is InChI=1S/C24H18ClF3N4OS/c25-21-8-7-20(34-21)19-6-1-14(11-29-19)12-32-10-9-18-17(13-32)23(33)31-22(30-18)15-2-4-16(5-3-15)24(26,27)28/h1-8,11H,9-10,12-13H2,(H,30,31,33). The maximum atomic E-state index is 12.8. The number of hydrogen-bond acceptors (Lipinski definition) is 5. The van der Waals surface area contributed by atoms with Gasteiger partial charge in [0, 0.05) is 37.8 Å². The van der Waals surface area contributed by atoms with Gasteiger partial charge in [0.1, 0.15) is 5.82 Å². The monoisotopic (exact) mass is 502 g/mol. The molecule has 0 saturated heterocycles. The summed E-state index contributed by atoms with van der Waals surface area (Å²) in [6, 6.07) is 12.4. The molecule has 1 aromatic carbocycles. The van der Waals surface area contributed by atoms with E-state index in [-0.39, 0.29) is 11.4 Å². The lowest BCUT2D eigenvalue weighted by Crippen LogP contribution is -2.35. The van der Waals surface area contributed by atoms with E-state index in [1.807, 2.05) is 30.5 Å². The second-order valence-corrected chi connectivity index (χ2v) is 9.75. The maximum Gasteiger partial charge on any atom is 0.416 e. The number of aromatic amines is 1. The van der Waals surface area contributed by atoms with Gasteiger partial charge in [-0.25, -0.2) is 4.98 Å². The van der Waals surface area contributed by atoms with E-state index in [9.17, 15) is 18.0 Å². The number of fused-ring (bicyclic) bond motifs is 1. The molecule has 0 amide bonds. The van der Waals surface area contributed by atoms with Crippen molar-refractivity contribution in [1.29, 1.82) is 0 Å². The van der Waals surface area contributed by atoms with Crippen molar-refractivity contribution < 1.29 is 13.2 Å². The minimum absolute atomic E-state index is 0.271. The van der Waals surface area contributed by atoms with Crippen LogP contribution in [-0.4, -0.2) is 26.4 Å². The molecule has 4 aromatic rings. The summed E-state index contributed by atoms with van der Waals surface area (Å²) in [5.74, 6) is 0.277. The summed E-state index contributed by atoms with van der Waals surface area (Å²) in [6.45, 7) is 1.78. The van der Waals surface area contributed by atoms with Crippen LogP contribution in [0.25, 0.3) is 22.0 Å². The van der Waals surface area contributed by atoms with Crippen LogP contribution >= 0.6 is 22.9 Å². The van der Waals surface area contributed by atoms with E-state index in [1.54, 1.807) is 0 Å². The van der Waals surface area contributed by atoms with E-state index in [1.165, 1.54) is 23.5 Å². The fourth-order valence-corrected chi connectivity index (χ4v) is 4.96. The molecule has 34 heavy (non-hydrogen) atoms. The number of benzene rings is 1. The first kappa shape index (κ1) is 22.8. The molecule has 0 saturated carbocycles. The third kappa shape index (κ3) is 4.77. The number of hydrogen-bond donors (Lipinski definition) is 1. The topological polar surface area (TPSA) is 61.9 Å². The third-order valence-corrected chi connectivity index (χ3v) is 6.94. The molecule has 1 aliphatic heterocycles. The molecule has 0 unspecified atom stereocenters. The van der Waals surface area contributed by atoms with Gasteiger partial charge in [0.2, 0.25) is 0 Å². The Labute approximate surface area is 201 Å². The van der Waals surface area contributed by atoms with Crippen molar-refractivity contribution in [2.45, 2.75) is 25.7 Å². The Morgan fingerprint density at radius 3 is 2.53 bits per heavy atom. The second kappa shape index (κ2) is 8.98. The first-order valence-corrected chi connectivity index (χ1v) is 11.7. The van der Waals surface area contributed by atoms with Crippen molar-refractivity contribution in [2.24, 2.45) is 0 Å². The van der Waals surface area contributed by atoms with Gasteiger partial charge in [-0.2, -0.15) is 13.2 Å². The number of aromatic nitrogens is 3. The zero-order chi connectivity index (χ0) is 23.9. The normalized spacial score (nSPS) is 14.2. The number of halogens is 4. The van der Waals surface area contributed by atoms with Crippen molar-refractivity contribution >= 4 is 22.9 Å². The van der Waals surface area contributed by atoms with E-state index < -0.39 is 11.7 Å². The quantitative estimate of drug-likeness (QED) is 0.383. The van der Waals surface area contributed by atoms with Gasteiger partial charge in [0.15, 0.2) is 0 Å². The van der Waals surface area contributed by atoms with E-state index in [2.05, 4.69) is 19.9 Å². The number of alkyl halides is 3. The van der Waals surface area contributed by atoms with Crippen LogP contribution in [0, 0.1) is 0 Å². The van der Waals surface area contributed by atoms with Crippen LogP contribution in [0.4, 0.5) is 13.2 Å². The smallest absolute Gasteiger partial charge is 0.306 e. The van der Waals surface area contributed by atoms with Gasteiger partial charge in [-0.1, -0.05) is 29.8 Å². The largest absolute Gasteiger partial charge is 0.416 e. The number of pyridine rings is 1. The predicted molar refractivity (Wildman–Crippen MR) is 126 cm³/mol. The summed E-state index contributed by atoms with van der Waals surface area (Å²) in [5.41, 5.74) is 2.58. The lowest BCUT2D eigenvalue weighted by Gasteiger charge is -2.27. The molecule has 0 bridgehead atoms. The fraction of sp³-hybridized carbons (Fsp3) is 0.208. The fourth-order valence-electron chi connectivity index (χ4n) is 3.94.